The average molecular weight is 474 g/mol. The summed E-state index contributed by atoms with van der Waals surface area (Å²) in [4.78, 5) is 21.1. The Kier molecular flexibility index (Phi) is 8.71. The van der Waals surface area contributed by atoms with E-state index < -0.39 is 17.7 Å². The molecule has 0 bridgehead atoms. The number of aliphatic hydroxyl groups is 1. The Morgan fingerprint density at radius 2 is 2.21 bits per heavy atom. The van der Waals surface area contributed by atoms with Gasteiger partial charge in [-0.05, 0) is 44.9 Å². The molecule has 0 aliphatic carbocycles. The second kappa shape index (κ2) is 11.1. The number of ether oxygens (including phenoxy) is 2. The van der Waals surface area contributed by atoms with Crippen LogP contribution in [0.3, 0.4) is 0 Å². The summed E-state index contributed by atoms with van der Waals surface area (Å²) in [6, 6.07) is 1.30. The van der Waals surface area contributed by atoms with Gasteiger partial charge < -0.3 is 19.5 Å². The molecule has 0 saturated carbocycles. The van der Waals surface area contributed by atoms with Gasteiger partial charge in [0.1, 0.15) is 0 Å². The van der Waals surface area contributed by atoms with Crippen molar-refractivity contribution in [2.75, 3.05) is 40.5 Å². The highest BCUT2D eigenvalue weighted by molar-refractivity contribution is 5.79. The van der Waals surface area contributed by atoms with E-state index in [1.54, 1.807) is 12.0 Å². The summed E-state index contributed by atoms with van der Waals surface area (Å²) in [5.74, 6) is -0.559. The third kappa shape index (κ3) is 6.23. The maximum absolute atomic E-state index is 13.3. The van der Waals surface area contributed by atoms with Crippen LogP contribution in [0.5, 0.6) is 0 Å². The summed E-state index contributed by atoms with van der Waals surface area (Å²) >= 11 is 0. The van der Waals surface area contributed by atoms with E-state index in [2.05, 4.69) is 9.88 Å². The molecule has 10 heteroatoms. The zero-order valence-electron chi connectivity index (χ0n) is 19.5. The maximum Gasteiger partial charge on any atom is 0.417 e. The third-order valence-electron chi connectivity index (χ3n) is 6.92. The van der Waals surface area contributed by atoms with Crippen LogP contribution in [0.4, 0.5) is 13.2 Å². The van der Waals surface area contributed by atoms with Gasteiger partial charge in [-0.1, -0.05) is 0 Å². The number of carbonyl (C=O) groups excluding carboxylic acids is 1. The summed E-state index contributed by atoms with van der Waals surface area (Å²) in [7, 11) is 3.67. The molecule has 0 aromatic carbocycles. The normalized spacial score (nSPS) is 23.3. The first-order valence-corrected chi connectivity index (χ1v) is 11.4. The molecule has 1 saturated heterocycles. The number of aromatic nitrogens is 1. The molecule has 2 aliphatic heterocycles. The topological polar surface area (TPSA) is 75.1 Å². The first-order valence-electron chi connectivity index (χ1n) is 11.4. The predicted octanol–water partition coefficient (Wildman–Crippen LogP) is 2.50. The SMILES string of the molecule is CO[C@@H]1COCC[C@@H]1N(C)[C@H](C)CC(CCO)C(=O)N1CCc2ncc(C(F)(F)F)cc2C1. The standard InChI is InChI=1S/C23H34F3N3O4/c1-15(28(2)20-6-9-33-14-21(20)32-3)10-16(5-8-30)22(31)29-7-4-19-17(13-29)11-18(12-27-19)23(24,25)26/h11-12,15-16,20-21,30H,4-10,13-14H2,1-3H3/t15-,16?,20+,21-/m1/s1. The monoisotopic (exact) mass is 473 g/mol. The minimum absolute atomic E-state index is 0.0434. The molecule has 1 amide bonds. The number of fused-ring (bicyclic) bond motifs is 1. The summed E-state index contributed by atoms with van der Waals surface area (Å²) in [5, 5.41) is 9.59. The number of likely N-dealkylation sites (N-methyl/N-ethyl adjacent to an activating group) is 1. The number of nitrogens with zero attached hydrogens (tertiary/aromatic N) is 3. The molecule has 1 N–H and O–H groups in total. The van der Waals surface area contributed by atoms with E-state index in [-0.39, 0.29) is 37.2 Å². The van der Waals surface area contributed by atoms with E-state index in [1.807, 2.05) is 14.0 Å². The number of hydrogen-bond donors (Lipinski definition) is 1. The Hall–Kier alpha value is -1.75. The summed E-state index contributed by atoms with van der Waals surface area (Å²) in [5.41, 5.74) is 0.230. The maximum atomic E-state index is 13.3. The quantitative estimate of drug-likeness (QED) is 0.626. The molecule has 186 valence electrons. The molecule has 0 spiro atoms. The van der Waals surface area contributed by atoms with E-state index in [4.69, 9.17) is 9.47 Å². The van der Waals surface area contributed by atoms with Crippen LogP contribution in [-0.4, -0.2) is 84.5 Å². The number of methoxy groups -OCH3 is 1. The van der Waals surface area contributed by atoms with Crippen LogP contribution in [0.2, 0.25) is 0 Å². The Labute approximate surface area is 192 Å². The van der Waals surface area contributed by atoms with Gasteiger partial charge in [0.25, 0.3) is 0 Å². The van der Waals surface area contributed by atoms with E-state index in [1.165, 1.54) is 0 Å². The Bertz CT molecular complexity index is 808. The van der Waals surface area contributed by atoms with Crippen LogP contribution < -0.4 is 0 Å². The number of pyridine rings is 1. The summed E-state index contributed by atoms with van der Waals surface area (Å²) < 4.78 is 50.4. The highest BCUT2D eigenvalue weighted by Crippen LogP contribution is 2.32. The van der Waals surface area contributed by atoms with Crippen LogP contribution >= 0.6 is 0 Å². The number of halogens is 3. The van der Waals surface area contributed by atoms with Crippen LogP contribution in [0, 0.1) is 5.92 Å². The van der Waals surface area contributed by atoms with Gasteiger partial charge in [-0.15, -0.1) is 0 Å². The van der Waals surface area contributed by atoms with E-state index in [9.17, 15) is 23.1 Å². The lowest BCUT2D eigenvalue weighted by Gasteiger charge is -2.41. The van der Waals surface area contributed by atoms with E-state index in [0.29, 0.717) is 50.3 Å². The second-order valence-electron chi connectivity index (χ2n) is 9.00. The number of alkyl halides is 3. The minimum Gasteiger partial charge on any atom is -0.396 e. The van der Waals surface area contributed by atoms with Crippen molar-refractivity contribution in [3.8, 4) is 0 Å². The van der Waals surface area contributed by atoms with Crippen LogP contribution in [-0.2, 0) is 33.4 Å². The second-order valence-corrected chi connectivity index (χ2v) is 9.00. The molecule has 33 heavy (non-hydrogen) atoms. The lowest BCUT2D eigenvalue weighted by Crippen LogP contribution is -2.52. The van der Waals surface area contributed by atoms with Gasteiger partial charge >= 0.3 is 6.18 Å². The van der Waals surface area contributed by atoms with Gasteiger partial charge in [-0.25, -0.2) is 0 Å². The molecule has 1 aromatic heterocycles. The Balaban J connectivity index is 1.68. The average Bonchev–Trinajstić information content (AvgIpc) is 2.81. The van der Waals surface area contributed by atoms with E-state index >= 15 is 0 Å². The fraction of sp³-hybridized carbons (Fsp3) is 0.739. The summed E-state index contributed by atoms with van der Waals surface area (Å²) in [6.45, 7) is 3.60. The molecule has 2 aliphatic rings. The van der Waals surface area contributed by atoms with Crippen LogP contribution in [0.15, 0.2) is 12.3 Å². The van der Waals surface area contributed by atoms with Crippen molar-refractivity contribution in [3.63, 3.8) is 0 Å². The molecule has 3 heterocycles. The fourth-order valence-electron chi connectivity index (χ4n) is 4.82. The van der Waals surface area contributed by atoms with Gasteiger partial charge in [0.15, 0.2) is 0 Å². The number of aliphatic hydroxyl groups excluding tert-OH is 1. The molecule has 1 unspecified atom stereocenters. The number of amides is 1. The third-order valence-corrected chi connectivity index (χ3v) is 6.92. The fourth-order valence-corrected chi connectivity index (χ4v) is 4.82. The highest BCUT2D eigenvalue weighted by atomic mass is 19.4. The molecular formula is C23H34F3N3O4. The highest BCUT2D eigenvalue weighted by Gasteiger charge is 2.36. The van der Waals surface area contributed by atoms with Gasteiger partial charge in [-0.2, -0.15) is 13.2 Å². The molecular weight excluding hydrogens is 439 g/mol. The smallest absolute Gasteiger partial charge is 0.396 e. The Morgan fingerprint density at radius 3 is 2.88 bits per heavy atom. The van der Waals surface area contributed by atoms with Crippen molar-refractivity contribution < 1.29 is 32.5 Å². The molecule has 3 rings (SSSR count). The van der Waals surface area contributed by atoms with E-state index in [0.717, 1.165) is 18.7 Å². The first kappa shape index (κ1) is 25.9. The zero-order valence-corrected chi connectivity index (χ0v) is 19.5. The van der Waals surface area contributed by atoms with Crippen molar-refractivity contribution >= 4 is 5.91 Å². The first-order chi connectivity index (χ1) is 15.7. The lowest BCUT2D eigenvalue weighted by atomic mass is 9.92. The largest absolute Gasteiger partial charge is 0.417 e. The number of hydrogen-bond acceptors (Lipinski definition) is 6. The van der Waals surface area contributed by atoms with Crippen molar-refractivity contribution in [1.29, 1.82) is 0 Å². The Morgan fingerprint density at radius 1 is 1.45 bits per heavy atom. The van der Waals surface area contributed by atoms with Crippen molar-refractivity contribution in [3.05, 3.63) is 29.1 Å². The minimum atomic E-state index is -4.47. The molecule has 1 aromatic rings. The van der Waals surface area contributed by atoms with Crippen LogP contribution in [0.1, 0.15) is 43.0 Å². The van der Waals surface area contributed by atoms with Gasteiger partial charge in [0.05, 0.1) is 18.3 Å². The zero-order chi connectivity index (χ0) is 24.2. The molecule has 0 radical (unpaired) electrons. The van der Waals surface area contributed by atoms with Crippen molar-refractivity contribution in [1.82, 2.24) is 14.8 Å². The van der Waals surface area contributed by atoms with Gasteiger partial charge in [0, 0.05) is 69.7 Å². The summed E-state index contributed by atoms with van der Waals surface area (Å²) in [6.07, 6.45) is -1.58. The molecule has 1 fully saturated rings. The van der Waals surface area contributed by atoms with Crippen molar-refractivity contribution in [2.24, 2.45) is 5.92 Å². The number of rotatable bonds is 8. The van der Waals surface area contributed by atoms with Crippen molar-refractivity contribution in [2.45, 2.75) is 63.5 Å². The molecule has 4 atom stereocenters. The predicted molar refractivity (Wildman–Crippen MR) is 115 cm³/mol. The van der Waals surface area contributed by atoms with Gasteiger partial charge in [0.2, 0.25) is 5.91 Å². The molecule has 7 nitrogen and oxygen atoms in total. The number of carbonyl (C=O) groups is 1. The lowest BCUT2D eigenvalue weighted by molar-refractivity contribution is -0.138. The van der Waals surface area contributed by atoms with Crippen LogP contribution in [0.25, 0.3) is 0 Å². The van der Waals surface area contributed by atoms with Gasteiger partial charge in [-0.3, -0.25) is 14.7 Å².